The zero-order valence-corrected chi connectivity index (χ0v) is 12.1. The van der Waals surface area contributed by atoms with Crippen molar-refractivity contribution < 1.29 is 24.2 Å². The number of carbonyl (C=O) groups is 3. The fourth-order valence-electron chi connectivity index (χ4n) is 2.00. The number of hydrogen-bond donors (Lipinski definition) is 2. The largest absolute Gasteiger partial charge is 0.481 e. The second-order valence-corrected chi connectivity index (χ2v) is 5.79. The fourth-order valence-corrected chi connectivity index (χ4v) is 2.00. The van der Waals surface area contributed by atoms with E-state index in [4.69, 9.17) is 9.84 Å². The maximum absolute atomic E-state index is 11.9. The second kappa shape index (κ2) is 6.58. The number of nitrogens with one attached hydrogen (secondary N) is 1. The maximum atomic E-state index is 11.9. The van der Waals surface area contributed by atoms with Crippen LogP contribution in [0, 0.1) is 5.92 Å². The van der Waals surface area contributed by atoms with Crippen molar-refractivity contribution in [1.29, 1.82) is 0 Å². The molecule has 0 saturated carbocycles. The molecular formula is C13H22N2O5. The number of likely N-dealkylation sites (tertiary alicyclic amines) is 1. The van der Waals surface area contributed by atoms with E-state index in [9.17, 15) is 14.4 Å². The molecule has 1 heterocycles. The molecule has 1 atom stereocenters. The summed E-state index contributed by atoms with van der Waals surface area (Å²) in [5.74, 6) is -2.42. The van der Waals surface area contributed by atoms with Gasteiger partial charge in [-0.15, -0.1) is 0 Å². The molecule has 2 amide bonds. The summed E-state index contributed by atoms with van der Waals surface area (Å²) in [5, 5.41) is 11.5. The van der Waals surface area contributed by atoms with Crippen LogP contribution in [0.1, 0.15) is 33.6 Å². The van der Waals surface area contributed by atoms with Crippen molar-refractivity contribution in [2.45, 2.75) is 39.2 Å². The Hall–Kier alpha value is -1.79. The summed E-state index contributed by atoms with van der Waals surface area (Å²) in [6.07, 6.45) is 0.496. The summed E-state index contributed by atoms with van der Waals surface area (Å²) in [6, 6.07) is 0. The normalized spacial score (nSPS) is 19.6. The lowest BCUT2D eigenvalue weighted by Crippen LogP contribution is -2.47. The molecule has 0 aliphatic carbocycles. The lowest BCUT2D eigenvalue weighted by atomic mass is 9.97. The van der Waals surface area contributed by atoms with Crippen molar-refractivity contribution in [3.63, 3.8) is 0 Å². The molecule has 0 aromatic heterocycles. The number of piperidine rings is 1. The molecule has 1 fully saturated rings. The second-order valence-electron chi connectivity index (χ2n) is 5.79. The Bertz CT molecular complexity index is 389. The Labute approximate surface area is 118 Å². The average molecular weight is 286 g/mol. The van der Waals surface area contributed by atoms with Crippen molar-refractivity contribution in [3.8, 4) is 0 Å². The molecule has 1 unspecified atom stereocenters. The molecule has 0 radical (unpaired) electrons. The van der Waals surface area contributed by atoms with Crippen LogP contribution in [0.15, 0.2) is 0 Å². The van der Waals surface area contributed by atoms with Gasteiger partial charge < -0.3 is 20.1 Å². The predicted octanol–water partition coefficient (Wildman–Crippen LogP) is 0.834. The first-order chi connectivity index (χ1) is 9.20. The van der Waals surface area contributed by atoms with Crippen LogP contribution >= 0.6 is 0 Å². The highest BCUT2D eigenvalue weighted by Gasteiger charge is 2.33. The topological polar surface area (TPSA) is 95.9 Å². The molecule has 2 N–H and O–H groups in total. The molecule has 1 rings (SSSR count). The fraction of sp³-hybridized carbons (Fsp3) is 0.769. The summed E-state index contributed by atoms with van der Waals surface area (Å²) in [7, 11) is 0. The summed E-state index contributed by atoms with van der Waals surface area (Å²) in [4.78, 5) is 35.7. The molecule has 1 aliphatic heterocycles. The lowest BCUT2D eigenvalue weighted by molar-refractivity contribution is -0.153. The SMILES string of the molecule is CC(C)(C)OC(=O)NCCN1CCCC(C(=O)O)C1=O. The smallest absolute Gasteiger partial charge is 0.407 e. The molecule has 7 heteroatoms. The van der Waals surface area contributed by atoms with Gasteiger partial charge in [0.1, 0.15) is 11.5 Å². The summed E-state index contributed by atoms with van der Waals surface area (Å²) in [5.41, 5.74) is -0.570. The first-order valence-corrected chi connectivity index (χ1v) is 6.69. The molecule has 0 aromatic carbocycles. The number of nitrogens with zero attached hydrogens (tertiary/aromatic N) is 1. The Morgan fingerprint density at radius 1 is 1.45 bits per heavy atom. The van der Waals surface area contributed by atoms with Gasteiger partial charge in [-0.25, -0.2) is 4.79 Å². The average Bonchev–Trinajstić information content (AvgIpc) is 2.28. The first kappa shape index (κ1) is 16.3. The van der Waals surface area contributed by atoms with Crippen molar-refractivity contribution in [3.05, 3.63) is 0 Å². The Morgan fingerprint density at radius 3 is 2.65 bits per heavy atom. The minimum atomic E-state index is -1.08. The third-order valence-corrected chi connectivity index (χ3v) is 2.88. The zero-order valence-electron chi connectivity index (χ0n) is 12.1. The van der Waals surface area contributed by atoms with Crippen LogP contribution in [-0.2, 0) is 14.3 Å². The Kier molecular flexibility index (Phi) is 5.35. The Balaban J connectivity index is 2.36. The highest BCUT2D eigenvalue weighted by molar-refractivity contribution is 5.97. The standard InChI is InChI=1S/C13H22N2O5/c1-13(2,3)20-12(19)14-6-8-15-7-4-5-9(10(15)16)11(17)18/h9H,4-8H2,1-3H3,(H,14,19)(H,17,18). The number of aliphatic carboxylic acids is 1. The zero-order chi connectivity index (χ0) is 15.3. The van der Waals surface area contributed by atoms with Crippen LogP contribution in [0.25, 0.3) is 0 Å². The van der Waals surface area contributed by atoms with E-state index >= 15 is 0 Å². The van der Waals surface area contributed by atoms with Crippen LogP contribution in [0.5, 0.6) is 0 Å². The number of ether oxygens (including phenoxy) is 1. The van der Waals surface area contributed by atoms with Gasteiger partial charge in [0.15, 0.2) is 0 Å². The molecular weight excluding hydrogens is 264 g/mol. The summed E-state index contributed by atoms with van der Waals surface area (Å²) >= 11 is 0. The number of rotatable bonds is 4. The van der Waals surface area contributed by atoms with Crippen molar-refractivity contribution >= 4 is 18.0 Å². The third kappa shape index (κ3) is 5.07. The third-order valence-electron chi connectivity index (χ3n) is 2.88. The van der Waals surface area contributed by atoms with Crippen molar-refractivity contribution in [1.82, 2.24) is 10.2 Å². The van der Waals surface area contributed by atoms with Crippen molar-refractivity contribution in [2.75, 3.05) is 19.6 Å². The Morgan fingerprint density at radius 2 is 2.10 bits per heavy atom. The number of alkyl carbamates (subject to hydrolysis) is 1. The van der Waals surface area contributed by atoms with E-state index in [-0.39, 0.29) is 12.5 Å². The number of hydrogen-bond acceptors (Lipinski definition) is 4. The highest BCUT2D eigenvalue weighted by Crippen LogP contribution is 2.17. The van der Waals surface area contributed by atoms with E-state index in [1.165, 1.54) is 4.90 Å². The quantitative estimate of drug-likeness (QED) is 0.746. The monoisotopic (exact) mass is 286 g/mol. The minimum Gasteiger partial charge on any atom is -0.481 e. The van der Waals surface area contributed by atoms with E-state index in [0.717, 1.165) is 0 Å². The van der Waals surface area contributed by atoms with Gasteiger partial charge >= 0.3 is 12.1 Å². The summed E-state index contributed by atoms with van der Waals surface area (Å²) in [6.45, 7) is 6.35. The van der Waals surface area contributed by atoms with Gasteiger partial charge in [-0.05, 0) is 33.6 Å². The molecule has 7 nitrogen and oxygen atoms in total. The van der Waals surface area contributed by atoms with E-state index in [1.54, 1.807) is 20.8 Å². The minimum absolute atomic E-state index is 0.243. The number of amides is 2. The number of carboxylic acid groups (broad SMARTS) is 1. The maximum Gasteiger partial charge on any atom is 0.407 e. The van der Waals surface area contributed by atoms with Gasteiger partial charge in [-0.1, -0.05) is 0 Å². The predicted molar refractivity (Wildman–Crippen MR) is 71.2 cm³/mol. The van der Waals surface area contributed by atoms with Gasteiger partial charge in [0.25, 0.3) is 0 Å². The molecule has 1 saturated heterocycles. The van der Waals surface area contributed by atoms with E-state index < -0.39 is 23.6 Å². The van der Waals surface area contributed by atoms with Gasteiger partial charge in [0.2, 0.25) is 5.91 Å². The van der Waals surface area contributed by atoms with E-state index in [0.29, 0.717) is 25.9 Å². The molecule has 20 heavy (non-hydrogen) atoms. The van der Waals surface area contributed by atoms with E-state index in [2.05, 4.69) is 5.32 Å². The van der Waals surface area contributed by atoms with Gasteiger partial charge in [-0.3, -0.25) is 9.59 Å². The first-order valence-electron chi connectivity index (χ1n) is 6.69. The lowest BCUT2D eigenvalue weighted by Gasteiger charge is -2.30. The van der Waals surface area contributed by atoms with Crippen molar-refractivity contribution in [2.24, 2.45) is 5.92 Å². The van der Waals surface area contributed by atoms with E-state index in [1.807, 2.05) is 0 Å². The molecule has 1 aliphatic rings. The van der Waals surface area contributed by atoms with Gasteiger partial charge in [0, 0.05) is 19.6 Å². The molecule has 114 valence electrons. The van der Waals surface area contributed by atoms with Crippen LogP contribution in [0.3, 0.4) is 0 Å². The van der Waals surface area contributed by atoms with Crippen LogP contribution < -0.4 is 5.32 Å². The highest BCUT2D eigenvalue weighted by atomic mass is 16.6. The van der Waals surface area contributed by atoms with Crippen LogP contribution in [-0.4, -0.2) is 53.2 Å². The summed E-state index contributed by atoms with van der Waals surface area (Å²) < 4.78 is 5.07. The molecule has 0 spiro atoms. The van der Waals surface area contributed by atoms with Gasteiger partial charge in [0.05, 0.1) is 0 Å². The molecule has 0 aromatic rings. The van der Waals surface area contributed by atoms with Gasteiger partial charge in [-0.2, -0.15) is 0 Å². The van der Waals surface area contributed by atoms with Crippen LogP contribution in [0.2, 0.25) is 0 Å². The number of carbonyl (C=O) groups excluding carboxylic acids is 2. The number of carboxylic acids is 1. The van der Waals surface area contributed by atoms with Crippen LogP contribution in [0.4, 0.5) is 4.79 Å². The molecule has 0 bridgehead atoms.